The number of hydrogen-bond acceptors (Lipinski definition) is 2. The van der Waals surface area contributed by atoms with Gasteiger partial charge in [0.1, 0.15) is 0 Å². The van der Waals surface area contributed by atoms with Gasteiger partial charge in [-0.05, 0) is 42.8 Å². The monoisotopic (exact) mass is 303 g/mol. The minimum absolute atomic E-state index is 0.309. The molecule has 0 amide bonds. The first-order valence-electron chi connectivity index (χ1n) is 6.85. The van der Waals surface area contributed by atoms with Crippen LogP contribution in [0.4, 0.5) is 0 Å². The zero-order chi connectivity index (χ0) is 14.1. The van der Waals surface area contributed by atoms with E-state index in [2.05, 4.69) is 47.8 Å². The number of likely N-dealkylation sites (N-methyl/N-ethyl adjacent to an activating group) is 1. The van der Waals surface area contributed by atoms with E-state index < -0.39 is 0 Å². The molecule has 2 unspecified atom stereocenters. The Balaban J connectivity index is 1.97. The number of aryl methyl sites for hydroxylation is 1. The quantitative estimate of drug-likeness (QED) is 0.874. The van der Waals surface area contributed by atoms with E-state index in [9.17, 15) is 0 Å². The van der Waals surface area contributed by atoms with Crippen LogP contribution >= 0.6 is 23.4 Å². The molecule has 3 rings (SSSR count). The van der Waals surface area contributed by atoms with Crippen LogP contribution in [0.15, 0.2) is 47.4 Å². The third-order valence-corrected chi connectivity index (χ3v) is 5.62. The number of benzene rings is 2. The van der Waals surface area contributed by atoms with Crippen molar-refractivity contribution in [1.29, 1.82) is 0 Å². The van der Waals surface area contributed by atoms with Crippen LogP contribution in [-0.4, -0.2) is 12.8 Å². The fourth-order valence-corrected chi connectivity index (χ4v) is 4.35. The third-order valence-electron chi connectivity index (χ3n) is 4.01. The number of nitrogens with one attached hydrogen (secondary N) is 1. The Labute approximate surface area is 129 Å². The van der Waals surface area contributed by atoms with Gasteiger partial charge in [-0.1, -0.05) is 41.9 Å². The summed E-state index contributed by atoms with van der Waals surface area (Å²) in [7, 11) is 2.03. The molecule has 2 aromatic rings. The molecule has 2 atom stereocenters. The Morgan fingerprint density at radius 1 is 1.25 bits per heavy atom. The Hall–Kier alpha value is -0.960. The van der Waals surface area contributed by atoms with Gasteiger partial charge in [0.15, 0.2) is 0 Å². The molecule has 1 aliphatic rings. The van der Waals surface area contributed by atoms with E-state index in [1.807, 2.05) is 25.7 Å². The fourth-order valence-electron chi connectivity index (χ4n) is 2.87. The Bertz CT molecular complexity index is 626. The fraction of sp³-hybridized carbons (Fsp3) is 0.294. The van der Waals surface area contributed by atoms with Crippen LogP contribution in [0.25, 0.3) is 0 Å². The average molecular weight is 304 g/mol. The molecule has 1 N–H and O–H groups in total. The Morgan fingerprint density at radius 3 is 2.80 bits per heavy atom. The van der Waals surface area contributed by atoms with Gasteiger partial charge in [-0.3, -0.25) is 0 Å². The minimum atomic E-state index is 0.309. The Kier molecular flexibility index (Phi) is 4.06. The molecule has 0 saturated heterocycles. The summed E-state index contributed by atoms with van der Waals surface area (Å²) in [6.07, 6.45) is 0. The van der Waals surface area contributed by atoms with Crippen LogP contribution in [0.5, 0.6) is 0 Å². The molecule has 2 aromatic carbocycles. The first-order valence-corrected chi connectivity index (χ1v) is 8.22. The summed E-state index contributed by atoms with van der Waals surface area (Å²) in [5.41, 5.74) is 3.85. The second-order valence-electron chi connectivity index (χ2n) is 5.23. The molecule has 3 heteroatoms. The van der Waals surface area contributed by atoms with Gasteiger partial charge in [-0.15, -0.1) is 11.8 Å². The molecule has 1 nitrogen and oxygen atoms in total. The molecule has 0 saturated carbocycles. The lowest BCUT2D eigenvalue weighted by Crippen LogP contribution is -2.24. The zero-order valence-electron chi connectivity index (χ0n) is 11.7. The van der Waals surface area contributed by atoms with Gasteiger partial charge >= 0.3 is 0 Å². The van der Waals surface area contributed by atoms with Crippen LogP contribution in [0, 0.1) is 6.92 Å². The van der Waals surface area contributed by atoms with E-state index in [0.717, 1.165) is 16.3 Å². The van der Waals surface area contributed by atoms with Gasteiger partial charge in [-0.25, -0.2) is 0 Å². The lowest BCUT2D eigenvalue weighted by Gasteiger charge is -2.24. The summed E-state index contributed by atoms with van der Waals surface area (Å²) < 4.78 is 0. The molecule has 0 fully saturated rings. The molecular formula is C17H18ClNS. The highest BCUT2D eigenvalue weighted by atomic mass is 35.5. The molecule has 1 heterocycles. The van der Waals surface area contributed by atoms with Crippen LogP contribution in [0.2, 0.25) is 5.02 Å². The van der Waals surface area contributed by atoms with Crippen molar-refractivity contribution in [3.8, 4) is 0 Å². The standard InChI is InChI=1S/C17H18ClNS/c1-11-7-8-12(9-15(11)18)17(19-2)14-10-20-16-6-4-3-5-13(14)16/h3-9,14,17,19H,10H2,1-2H3. The molecule has 20 heavy (non-hydrogen) atoms. The van der Waals surface area contributed by atoms with Crippen LogP contribution in [0.3, 0.4) is 0 Å². The van der Waals surface area contributed by atoms with Crippen LogP contribution in [0.1, 0.15) is 28.7 Å². The van der Waals surface area contributed by atoms with E-state index in [-0.39, 0.29) is 0 Å². The predicted octanol–water partition coefficient (Wildman–Crippen LogP) is 4.80. The minimum Gasteiger partial charge on any atom is -0.312 e. The summed E-state index contributed by atoms with van der Waals surface area (Å²) in [6.45, 7) is 2.04. The molecule has 0 aromatic heterocycles. The van der Waals surface area contributed by atoms with E-state index in [4.69, 9.17) is 11.6 Å². The SMILES string of the molecule is CNC(c1ccc(C)c(Cl)c1)C1CSc2ccccc21. The summed E-state index contributed by atoms with van der Waals surface area (Å²) in [5.74, 6) is 1.62. The summed E-state index contributed by atoms with van der Waals surface area (Å²) in [5, 5.41) is 4.32. The summed E-state index contributed by atoms with van der Waals surface area (Å²) >= 11 is 8.24. The van der Waals surface area contributed by atoms with Gasteiger partial charge < -0.3 is 5.32 Å². The van der Waals surface area contributed by atoms with Gasteiger partial charge in [0.2, 0.25) is 0 Å². The zero-order valence-corrected chi connectivity index (χ0v) is 13.3. The maximum Gasteiger partial charge on any atom is 0.0438 e. The maximum atomic E-state index is 6.29. The summed E-state index contributed by atoms with van der Waals surface area (Å²) in [4.78, 5) is 1.41. The first-order chi connectivity index (χ1) is 9.70. The first kappa shape index (κ1) is 14.0. The number of halogens is 1. The number of rotatable bonds is 3. The number of hydrogen-bond donors (Lipinski definition) is 1. The molecule has 0 spiro atoms. The maximum absolute atomic E-state index is 6.29. The van der Waals surface area contributed by atoms with E-state index in [0.29, 0.717) is 12.0 Å². The second kappa shape index (κ2) is 5.80. The van der Waals surface area contributed by atoms with Crippen molar-refractivity contribution in [1.82, 2.24) is 5.32 Å². The average Bonchev–Trinajstić information content (AvgIpc) is 2.88. The smallest absolute Gasteiger partial charge is 0.0438 e. The number of fused-ring (bicyclic) bond motifs is 1. The molecule has 0 bridgehead atoms. The lowest BCUT2D eigenvalue weighted by molar-refractivity contribution is 0.514. The van der Waals surface area contributed by atoms with Crippen molar-refractivity contribution in [2.45, 2.75) is 23.8 Å². The highest BCUT2D eigenvalue weighted by Crippen LogP contribution is 2.45. The van der Waals surface area contributed by atoms with E-state index in [1.54, 1.807) is 0 Å². The van der Waals surface area contributed by atoms with Crippen molar-refractivity contribution in [3.63, 3.8) is 0 Å². The molecular weight excluding hydrogens is 286 g/mol. The second-order valence-corrected chi connectivity index (χ2v) is 6.70. The molecule has 0 radical (unpaired) electrons. The topological polar surface area (TPSA) is 12.0 Å². The number of thioether (sulfide) groups is 1. The van der Waals surface area contributed by atoms with E-state index in [1.165, 1.54) is 16.0 Å². The predicted molar refractivity (Wildman–Crippen MR) is 87.9 cm³/mol. The van der Waals surface area contributed by atoms with Gasteiger partial charge in [0, 0.05) is 27.6 Å². The van der Waals surface area contributed by atoms with Gasteiger partial charge in [-0.2, -0.15) is 0 Å². The van der Waals surface area contributed by atoms with Crippen LogP contribution < -0.4 is 5.32 Å². The lowest BCUT2D eigenvalue weighted by atomic mass is 9.88. The molecule has 1 aliphatic heterocycles. The largest absolute Gasteiger partial charge is 0.312 e. The molecule has 0 aliphatic carbocycles. The third kappa shape index (κ3) is 2.48. The summed E-state index contributed by atoms with van der Waals surface area (Å²) in [6, 6.07) is 15.4. The van der Waals surface area contributed by atoms with E-state index >= 15 is 0 Å². The van der Waals surface area contributed by atoms with Gasteiger partial charge in [0.05, 0.1) is 0 Å². The highest BCUT2D eigenvalue weighted by Gasteiger charge is 2.30. The Morgan fingerprint density at radius 2 is 2.05 bits per heavy atom. The van der Waals surface area contributed by atoms with Crippen molar-refractivity contribution in [2.24, 2.45) is 0 Å². The van der Waals surface area contributed by atoms with Gasteiger partial charge in [0.25, 0.3) is 0 Å². The molecule has 104 valence electrons. The van der Waals surface area contributed by atoms with Crippen molar-refractivity contribution < 1.29 is 0 Å². The highest BCUT2D eigenvalue weighted by molar-refractivity contribution is 7.99. The van der Waals surface area contributed by atoms with Crippen LogP contribution in [-0.2, 0) is 0 Å². The van der Waals surface area contributed by atoms with Crippen molar-refractivity contribution >= 4 is 23.4 Å². The van der Waals surface area contributed by atoms with Crippen molar-refractivity contribution in [3.05, 3.63) is 64.2 Å². The van der Waals surface area contributed by atoms with Crippen molar-refractivity contribution in [2.75, 3.05) is 12.8 Å². The normalized spacial score (nSPS) is 18.9.